The summed E-state index contributed by atoms with van der Waals surface area (Å²) in [4.78, 5) is 6.73. The summed E-state index contributed by atoms with van der Waals surface area (Å²) in [6.07, 6.45) is 2.29. The van der Waals surface area contributed by atoms with Crippen molar-refractivity contribution in [1.29, 1.82) is 0 Å². The molecule has 0 bridgehead atoms. The summed E-state index contributed by atoms with van der Waals surface area (Å²) >= 11 is 0. The Bertz CT molecular complexity index is 740. The minimum absolute atomic E-state index is 0.00317. The van der Waals surface area contributed by atoms with Crippen molar-refractivity contribution in [2.45, 2.75) is 25.1 Å². The summed E-state index contributed by atoms with van der Waals surface area (Å²) in [5.74, 6) is 0.909. The second-order valence-electron chi connectivity index (χ2n) is 7.15. The average Bonchev–Trinajstić information content (AvgIpc) is 3.27. The van der Waals surface area contributed by atoms with Crippen LogP contribution in [0.5, 0.6) is 0 Å². The van der Waals surface area contributed by atoms with Gasteiger partial charge in [0, 0.05) is 38.7 Å². The minimum Gasteiger partial charge on any atom is -0.381 e. The molecule has 0 radical (unpaired) electrons. The Labute approximate surface area is 155 Å². The minimum atomic E-state index is -3.24. The number of ether oxygens (including phenoxy) is 1. The summed E-state index contributed by atoms with van der Waals surface area (Å²) in [5, 5.41) is 3.42. The van der Waals surface area contributed by atoms with Gasteiger partial charge >= 0.3 is 0 Å². The first kappa shape index (κ1) is 19.1. The molecule has 8 heteroatoms. The van der Waals surface area contributed by atoms with Crippen molar-refractivity contribution in [2.24, 2.45) is 10.4 Å². The largest absolute Gasteiger partial charge is 0.381 e. The molecule has 7 nitrogen and oxygen atoms in total. The summed E-state index contributed by atoms with van der Waals surface area (Å²) < 4.78 is 31.1. The number of nitrogens with one attached hydrogen (secondary N) is 2. The van der Waals surface area contributed by atoms with Gasteiger partial charge in [0.15, 0.2) is 5.96 Å². The molecule has 2 aliphatic rings. The molecule has 0 saturated carbocycles. The highest BCUT2D eigenvalue weighted by Crippen LogP contribution is 2.38. The quantitative estimate of drug-likeness (QED) is 0.586. The van der Waals surface area contributed by atoms with Crippen LogP contribution in [0.3, 0.4) is 0 Å². The van der Waals surface area contributed by atoms with E-state index >= 15 is 0 Å². The van der Waals surface area contributed by atoms with Gasteiger partial charge in [0.25, 0.3) is 0 Å². The first-order valence-electron chi connectivity index (χ1n) is 8.98. The standard InChI is InChI=1S/C18H28N4O3S/c1-19-17(22-9-7-18(13-22)8-10-25-14-18)21-11-15-3-5-16(6-4-15)12-26(23,24)20-2/h3-6,20H,7-14H2,1-2H3,(H,19,21). The monoisotopic (exact) mass is 380 g/mol. The Morgan fingerprint density at radius 3 is 2.62 bits per heavy atom. The molecule has 0 aromatic heterocycles. The first-order chi connectivity index (χ1) is 12.5. The van der Waals surface area contributed by atoms with Gasteiger partial charge in [-0.2, -0.15) is 0 Å². The zero-order valence-electron chi connectivity index (χ0n) is 15.5. The van der Waals surface area contributed by atoms with Crippen molar-refractivity contribution in [3.63, 3.8) is 0 Å². The van der Waals surface area contributed by atoms with Crippen LogP contribution in [0.2, 0.25) is 0 Å². The van der Waals surface area contributed by atoms with Crippen molar-refractivity contribution in [1.82, 2.24) is 14.9 Å². The van der Waals surface area contributed by atoms with Crippen molar-refractivity contribution in [3.05, 3.63) is 35.4 Å². The molecule has 26 heavy (non-hydrogen) atoms. The van der Waals surface area contributed by atoms with E-state index in [2.05, 4.69) is 19.9 Å². The van der Waals surface area contributed by atoms with E-state index < -0.39 is 10.0 Å². The van der Waals surface area contributed by atoms with Gasteiger partial charge in [0.2, 0.25) is 10.0 Å². The fourth-order valence-corrected chi connectivity index (χ4v) is 4.42. The molecule has 1 atom stereocenters. The number of hydrogen-bond donors (Lipinski definition) is 2. The highest BCUT2D eigenvalue weighted by molar-refractivity contribution is 7.88. The highest BCUT2D eigenvalue weighted by atomic mass is 32.2. The Morgan fingerprint density at radius 1 is 1.27 bits per heavy atom. The lowest BCUT2D eigenvalue weighted by Gasteiger charge is -2.25. The molecular weight excluding hydrogens is 352 g/mol. The maximum atomic E-state index is 11.6. The van der Waals surface area contributed by atoms with E-state index in [0.717, 1.165) is 56.2 Å². The van der Waals surface area contributed by atoms with Gasteiger partial charge < -0.3 is 15.0 Å². The summed E-state index contributed by atoms with van der Waals surface area (Å²) in [5.41, 5.74) is 2.17. The maximum absolute atomic E-state index is 11.6. The van der Waals surface area contributed by atoms with Crippen LogP contribution in [0, 0.1) is 5.41 Å². The van der Waals surface area contributed by atoms with Gasteiger partial charge in [0.1, 0.15) is 0 Å². The number of nitrogens with zero attached hydrogens (tertiary/aromatic N) is 2. The molecule has 1 spiro atoms. The van der Waals surface area contributed by atoms with E-state index in [4.69, 9.17) is 4.74 Å². The molecule has 0 aliphatic carbocycles. The van der Waals surface area contributed by atoms with E-state index in [9.17, 15) is 8.42 Å². The lowest BCUT2D eigenvalue weighted by molar-refractivity contribution is 0.156. The van der Waals surface area contributed by atoms with E-state index in [1.165, 1.54) is 7.05 Å². The number of rotatable bonds is 5. The molecular formula is C18H28N4O3S. The third-order valence-electron chi connectivity index (χ3n) is 5.28. The number of guanidine groups is 1. The second-order valence-corrected chi connectivity index (χ2v) is 9.08. The molecule has 0 amide bonds. The zero-order chi connectivity index (χ0) is 18.6. The van der Waals surface area contributed by atoms with Crippen molar-refractivity contribution in [2.75, 3.05) is 40.4 Å². The summed E-state index contributed by atoms with van der Waals surface area (Å²) in [7, 11) is 0.000804. The van der Waals surface area contributed by atoms with Gasteiger partial charge in [-0.3, -0.25) is 4.99 Å². The molecule has 144 valence electrons. The van der Waals surface area contributed by atoms with Crippen LogP contribution in [0.4, 0.5) is 0 Å². The molecule has 2 heterocycles. The molecule has 1 unspecified atom stereocenters. The average molecular weight is 381 g/mol. The van der Waals surface area contributed by atoms with Gasteiger partial charge in [-0.1, -0.05) is 24.3 Å². The van der Waals surface area contributed by atoms with E-state index in [-0.39, 0.29) is 5.75 Å². The third-order valence-corrected chi connectivity index (χ3v) is 6.61. The van der Waals surface area contributed by atoms with Crippen LogP contribution in [0.25, 0.3) is 0 Å². The van der Waals surface area contributed by atoms with E-state index in [1.54, 1.807) is 0 Å². The topological polar surface area (TPSA) is 83.0 Å². The number of hydrogen-bond acceptors (Lipinski definition) is 4. The molecule has 2 fully saturated rings. The van der Waals surface area contributed by atoms with Gasteiger partial charge in [-0.15, -0.1) is 0 Å². The lowest BCUT2D eigenvalue weighted by atomic mass is 9.87. The SMILES string of the molecule is CN=C(NCc1ccc(CS(=O)(=O)NC)cc1)N1CCC2(CCOC2)C1. The number of aliphatic imine (C=N–C) groups is 1. The van der Waals surface area contributed by atoms with Crippen LogP contribution in [0.1, 0.15) is 24.0 Å². The molecule has 1 aromatic carbocycles. The van der Waals surface area contributed by atoms with Crippen LogP contribution >= 0.6 is 0 Å². The Morgan fingerprint density at radius 2 is 2.00 bits per heavy atom. The molecule has 2 aliphatic heterocycles. The fourth-order valence-electron chi connectivity index (χ4n) is 3.65. The van der Waals surface area contributed by atoms with Gasteiger partial charge in [-0.05, 0) is 31.0 Å². The smallest absolute Gasteiger partial charge is 0.215 e. The van der Waals surface area contributed by atoms with Crippen LogP contribution < -0.4 is 10.0 Å². The number of sulfonamides is 1. The van der Waals surface area contributed by atoms with Crippen molar-refractivity contribution < 1.29 is 13.2 Å². The summed E-state index contributed by atoms with van der Waals surface area (Å²) in [6.45, 7) is 4.38. The van der Waals surface area contributed by atoms with Crippen molar-refractivity contribution >= 4 is 16.0 Å². The van der Waals surface area contributed by atoms with Gasteiger partial charge in [0.05, 0.1) is 12.4 Å². The maximum Gasteiger partial charge on any atom is 0.215 e. The Kier molecular flexibility index (Phi) is 5.84. The first-order valence-corrected chi connectivity index (χ1v) is 10.6. The Balaban J connectivity index is 1.54. The zero-order valence-corrected chi connectivity index (χ0v) is 16.3. The van der Waals surface area contributed by atoms with E-state index in [1.807, 2.05) is 31.3 Å². The predicted molar refractivity (Wildman–Crippen MR) is 102 cm³/mol. The molecule has 2 saturated heterocycles. The highest BCUT2D eigenvalue weighted by Gasteiger charge is 2.42. The summed E-state index contributed by atoms with van der Waals surface area (Å²) in [6, 6.07) is 7.62. The number of likely N-dealkylation sites (tertiary alicyclic amines) is 1. The predicted octanol–water partition coefficient (Wildman–Crippen LogP) is 0.924. The van der Waals surface area contributed by atoms with Crippen LogP contribution in [-0.4, -0.2) is 59.7 Å². The molecule has 3 rings (SSSR count). The van der Waals surface area contributed by atoms with Gasteiger partial charge in [-0.25, -0.2) is 13.1 Å². The molecule has 2 N–H and O–H groups in total. The van der Waals surface area contributed by atoms with Crippen molar-refractivity contribution in [3.8, 4) is 0 Å². The second kappa shape index (κ2) is 7.94. The van der Waals surface area contributed by atoms with Crippen LogP contribution in [0.15, 0.2) is 29.3 Å². The van der Waals surface area contributed by atoms with Crippen LogP contribution in [-0.2, 0) is 27.1 Å². The Hall–Kier alpha value is -1.64. The number of benzene rings is 1. The lowest BCUT2D eigenvalue weighted by Crippen LogP contribution is -2.41. The van der Waals surface area contributed by atoms with E-state index in [0.29, 0.717) is 12.0 Å². The molecule has 1 aromatic rings. The fraction of sp³-hybridized carbons (Fsp3) is 0.611. The normalized spacial score (nSPS) is 23.8. The third kappa shape index (κ3) is 4.55.